The van der Waals surface area contributed by atoms with Gasteiger partial charge in [0.2, 0.25) is 5.91 Å². The fourth-order valence-corrected chi connectivity index (χ4v) is 4.21. The molecule has 6 nitrogen and oxygen atoms in total. The van der Waals surface area contributed by atoms with Gasteiger partial charge in [-0.2, -0.15) is 0 Å². The average Bonchev–Trinajstić information content (AvgIpc) is 2.79. The minimum atomic E-state index is -0.996. The van der Waals surface area contributed by atoms with Gasteiger partial charge in [-0.25, -0.2) is 9.78 Å². The highest BCUT2D eigenvalue weighted by Gasteiger charge is 2.20. The summed E-state index contributed by atoms with van der Waals surface area (Å²) in [5.41, 5.74) is 3.14. The number of carboxylic acid groups (broad SMARTS) is 1. The normalized spacial score (nSPS) is 13.7. The number of hydrogen-bond acceptors (Lipinski definition) is 4. The maximum Gasteiger partial charge on any atom is 0.326 e. The van der Waals surface area contributed by atoms with Crippen molar-refractivity contribution in [2.24, 2.45) is 0 Å². The van der Waals surface area contributed by atoms with Crippen molar-refractivity contribution < 1.29 is 14.7 Å². The zero-order valence-electron chi connectivity index (χ0n) is 18.4. The molecule has 3 rings (SSSR count). The lowest BCUT2D eigenvalue weighted by Gasteiger charge is -2.17. The molecule has 0 spiro atoms. The molecule has 0 fully saturated rings. The molecular weight excluding hydrogens is 426 g/mol. The van der Waals surface area contributed by atoms with Crippen molar-refractivity contribution in [3.63, 3.8) is 0 Å². The van der Waals surface area contributed by atoms with Crippen LogP contribution in [0.15, 0.2) is 36.4 Å². The zero-order valence-corrected chi connectivity index (χ0v) is 19.2. The third-order valence-corrected chi connectivity index (χ3v) is 6.19. The molecule has 1 aromatic carbocycles. The zero-order chi connectivity index (χ0) is 22.8. The number of amides is 1. The first-order valence-electron chi connectivity index (χ1n) is 11.5. The predicted molar refractivity (Wildman–Crippen MR) is 127 cm³/mol. The lowest BCUT2D eigenvalue weighted by atomic mass is 10.0. The second kappa shape index (κ2) is 12.4. The van der Waals surface area contributed by atoms with E-state index < -0.39 is 12.0 Å². The monoisotopic (exact) mass is 457 g/mol. The fourth-order valence-electron chi connectivity index (χ4n) is 4.01. The second-order valence-corrected chi connectivity index (χ2v) is 8.78. The van der Waals surface area contributed by atoms with Crippen LogP contribution in [0.5, 0.6) is 0 Å². The topological polar surface area (TPSA) is 91.3 Å². The molecular formula is C25H32ClN3O3. The lowest BCUT2D eigenvalue weighted by molar-refractivity contribution is -0.142. The highest BCUT2D eigenvalue weighted by Crippen LogP contribution is 2.21. The van der Waals surface area contributed by atoms with Gasteiger partial charge in [0.1, 0.15) is 11.9 Å². The second-order valence-electron chi connectivity index (χ2n) is 8.37. The predicted octanol–water partition coefficient (Wildman–Crippen LogP) is 4.79. The van der Waals surface area contributed by atoms with E-state index in [0.29, 0.717) is 17.0 Å². The quantitative estimate of drug-likeness (QED) is 0.398. The number of benzene rings is 1. The van der Waals surface area contributed by atoms with Gasteiger partial charge in [0.25, 0.3) is 0 Å². The highest BCUT2D eigenvalue weighted by molar-refractivity contribution is 6.31. The number of aliphatic carboxylic acids is 1. The Labute approximate surface area is 194 Å². The van der Waals surface area contributed by atoms with Crippen LogP contribution in [0.25, 0.3) is 0 Å². The van der Waals surface area contributed by atoms with E-state index in [9.17, 15) is 14.7 Å². The molecule has 2 aromatic rings. The van der Waals surface area contributed by atoms with E-state index in [1.165, 1.54) is 12.0 Å². The van der Waals surface area contributed by atoms with Gasteiger partial charge < -0.3 is 15.7 Å². The van der Waals surface area contributed by atoms with Gasteiger partial charge in [0.15, 0.2) is 0 Å². The van der Waals surface area contributed by atoms with Crippen molar-refractivity contribution in [2.75, 3.05) is 11.9 Å². The summed E-state index contributed by atoms with van der Waals surface area (Å²) in [7, 11) is 0. The Balaban J connectivity index is 1.31. The number of carboxylic acids is 1. The van der Waals surface area contributed by atoms with Crippen molar-refractivity contribution >= 4 is 29.3 Å². The van der Waals surface area contributed by atoms with Crippen molar-refractivity contribution in [1.82, 2.24) is 10.3 Å². The number of aryl methyl sites for hydroxylation is 2. The third-order valence-electron chi connectivity index (χ3n) is 5.82. The van der Waals surface area contributed by atoms with E-state index in [1.807, 2.05) is 6.07 Å². The van der Waals surface area contributed by atoms with Gasteiger partial charge in [-0.05, 0) is 55.4 Å². The molecule has 0 saturated carbocycles. The van der Waals surface area contributed by atoms with Gasteiger partial charge in [-0.1, -0.05) is 61.5 Å². The smallest absolute Gasteiger partial charge is 0.326 e. The van der Waals surface area contributed by atoms with E-state index >= 15 is 0 Å². The molecule has 2 heterocycles. The Morgan fingerprint density at radius 2 is 1.88 bits per heavy atom. The number of halogens is 1. The Bertz CT molecular complexity index is 919. The van der Waals surface area contributed by atoms with E-state index in [0.717, 1.165) is 63.0 Å². The molecule has 3 N–H and O–H groups in total. The third kappa shape index (κ3) is 7.52. The van der Waals surface area contributed by atoms with E-state index in [2.05, 4.69) is 22.8 Å². The first-order valence-corrected chi connectivity index (χ1v) is 11.9. The molecule has 1 aromatic heterocycles. The summed E-state index contributed by atoms with van der Waals surface area (Å²) in [6.07, 6.45) is 8.67. The molecule has 32 heavy (non-hydrogen) atoms. The van der Waals surface area contributed by atoms with Crippen molar-refractivity contribution in [3.8, 4) is 0 Å². The summed E-state index contributed by atoms with van der Waals surface area (Å²) in [5, 5.41) is 16.0. The molecule has 0 saturated heterocycles. The lowest BCUT2D eigenvalue weighted by Crippen LogP contribution is -2.41. The van der Waals surface area contributed by atoms with Crippen LogP contribution in [0.3, 0.4) is 0 Å². The van der Waals surface area contributed by atoms with Crippen LogP contribution in [0, 0.1) is 0 Å². The average molecular weight is 458 g/mol. The Morgan fingerprint density at radius 3 is 2.69 bits per heavy atom. The Kier molecular flexibility index (Phi) is 9.35. The molecule has 172 valence electrons. The maximum atomic E-state index is 12.2. The first-order chi connectivity index (χ1) is 15.5. The molecule has 1 unspecified atom stereocenters. The molecule has 0 bridgehead atoms. The Hall–Kier alpha value is -2.60. The van der Waals surface area contributed by atoms with Gasteiger partial charge >= 0.3 is 5.97 Å². The number of fused-ring (bicyclic) bond motifs is 1. The summed E-state index contributed by atoms with van der Waals surface area (Å²) in [5.74, 6) is -0.271. The number of unbranched alkanes of at least 4 members (excludes halogenated alkanes) is 4. The number of aromatic nitrogens is 1. The Morgan fingerprint density at radius 1 is 1.09 bits per heavy atom. The van der Waals surface area contributed by atoms with E-state index in [4.69, 9.17) is 16.6 Å². The number of anilines is 1. The SMILES string of the molecule is O=C(Cc1ccccc1Cl)NC(CCCCCCCc1ccc2c(n1)NCCC2)C(=O)O. The number of pyridine rings is 1. The molecule has 1 aliphatic rings. The van der Waals surface area contributed by atoms with E-state index in [-0.39, 0.29) is 12.3 Å². The number of nitrogens with one attached hydrogen (secondary N) is 2. The molecule has 1 amide bonds. The van der Waals surface area contributed by atoms with Gasteiger partial charge in [0, 0.05) is 17.3 Å². The van der Waals surface area contributed by atoms with Crippen LogP contribution in [0.2, 0.25) is 5.02 Å². The summed E-state index contributed by atoms with van der Waals surface area (Å²) in [6.45, 7) is 1.00. The summed E-state index contributed by atoms with van der Waals surface area (Å²) in [6, 6.07) is 10.6. The van der Waals surface area contributed by atoms with Gasteiger partial charge in [-0.15, -0.1) is 0 Å². The highest BCUT2D eigenvalue weighted by atomic mass is 35.5. The summed E-state index contributed by atoms with van der Waals surface area (Å²) < 4.78 is 0. The van der Waals surface area contributed by atoms with Crippen LogP contribution in [-0.4, -0.2) is 34.6 Å². The first kappa shape index (κ1) is 24.1. The standard InChI is InChI=1S/C25H32ClN3O3/c26-21-12-7-6-9-19(21)17-23(30)29-22(25(31)32)13-5-3-1-2-4-11-20-15-14-18-10-8-16-27-24(18)28-20/h6-7,9,12,14-15,22H,1-5,8,10-11,13,16-17H2,(H,27,28)(H,29,30)(H,31,32). The number of rotatable bonds is 12. The van der Waals surface area contributed by atoms with Crippen LogP contribution >= 0.6 is 11.6 Å². The molecule has 1 atom stereocenters. The number of carbonyl (C=O) groups excluding carboxylic acids is 1. The van der Waals surface area contributed by atoms with Gasteiger partial charge in [-0.3, -0.25) is 4.79 Å². The molecule has 0 aliphatic carbocycles. The summed E-state index contributed by atoms with van der Waals surface area (Å²) >= 11 is 6.08. The van der Waals surface area contributed by atoms with Crippen molar-refractivity contribution in [1.29, 1.82) is 0 Å². The number of carbonyl (C=O) groups is 2. The number of nitrogens with zero attached hydrogens (tertiary/aromatic N) is 1. The minimum Gasteiger partial charge on any atom is -0.480 e. The largest absolute Gasteiger partial charge is 0.480 e. The fraction of sp³-hybridized carbons (Fsp3) is 0.480. The van der Waals surface area contributed by atoms with Gasteiger partial charge in [0.05, 0.1) is 6.42 Å². The number of hydrogen-bond donors (Lipinski definition) is 3. The molecule has 7 heteroatoms. The maximum absolute atomic E-state index is 12.2. The van der Waals surface area contributed by atoms with Crippen molar-refractivity contribution in [3.05, 3.63) is 58.2 Å². The minimum absolute atomic E-state index is 0.0791. The summed E-state index contributed by atoms with van der Waals surface area (Å²) in [4.78, 5) is 28.5. The van der Waals surface area contributed by atoms with Crippen LogP contribution in [0.1, 0.15) is 61.8 Å². The van der Waals surface area contributed by atoms with Crippen LogP contribution < -0.4 is 10.6 Å². The van der Waals surface area contributed by atoms with E-state index in [1.54, 1.807) is 18.2 Å². The molecule has 1 aliphatic heterocycles. The van der Waals surface area contributed by atoms with Crippen LogP contribution in [0.4, 0.5) is 5.82 Å². The molecule has 0 radical (unpaired) electrons. The van der Waals surface area contributed by atoms with Crippen molar-refractivity contribution in [2.45, 2.75) is 70.3 Å². The van der Waals surface area contributed by atoms with Crippen LogP contribution in [-0.2, 0) is 28.9 Å².